The summed E-state index contributed by atoms with van der Waals surface area (Å²) in [6.45, 7) is 21.0. The van der Waals surface area contributed by atoms with E-state index in [1.54, 1.807) is 0 Å². The van der Waals surface area contributed by atoms with Gasteiger partial charge in [0.1, 0.15) is 30.6 Å². The molecule has 0 aromatic heterocycles. The monoisotopic (exact) mass is 1010 g/mol. The number of ether oxygens (including phenoxy) is 4. The zero-order chi connectivity index (χ0) is 52.4. The second-order valence-corrected chi connectivity index (χ2v) is 24.2. The summed E-state index contributed by atoms with van der Waals surface area (Å²) in [5.74, 6) is -0.988. The van der Waals surface area contributed by atoms with Crippen LogP contribution in [0.4, 0.5) is 11.4 Å². The van der Waals surface area contributed by atoms with Gasteiger partial charge in [-0.3, -0.25) is 29.0 Å². The van der Waals surface area contributed by atoms with Crippen molar-refractivity contribution in [1.82, 2.24) is 9.80 Å². The molecule has 0 spiro atoms. The Balaban J connectivity index is 0.684. The Bertz CT molecular complexity index is 2970. The van der Waals surface area contributed by atoms with Crippen LogP contribution in [0, 0.1) is 29.1 Å². The molecule has 0 saturated carbocycles. The molecule has 12 heteroatoms. The van der Waals surface area contributed by atoms with Gasteiger partial charge >= 0.3 is 0 Å². The van der Waals surface area contributed by atoms with Crippen molar-refractivity contribution in [2.24, 2.45) is 29.1 Å². The highest BCUT2D eigenvalue weighted by Crippen LogP contribution is 2.58. The van der Waals surface area contributed by atoms with E-state index in [0.717, 1.165) is 73.3 Å². The van der Waals surface area contributed by atoms with Crippen LogP contribution in [0.2, 0.25) is 0 Å². The lowest BCUT2D eigenvalue weighted by Gasteiger charge is -2.45. The van der Waals surface area contributed by atoms with Crippen LogP contribution in [-0.2, 0) is 53.6 Å². The largest absolute Gasteiger partial charge is 0.478 e. The number of hydrogen-bond acceptors (Lipinski definition) is 10. The molecule has 4 aromatic carbocycles. The third-order valence-electron chi connectivity index (χ3n) is 20.2. The molecule has 5 fully saturated rings. The zero-order valence-corrected chi connectivity index (χ0v) is 45.2. The van der Waals surface area contributed by atoms with Gasteiger partial charge in [0.2, 0.25) is 23.6 Å². The molecule has 12 nitrogen and oxygen atoms in total. The summed E-state index contributed by atoms with van der Waals surface area (Å²) in [5, 5.41) is 0. The van der Waals surface area contributed by atoms with Crippen molar-refractivity contribution in [2.45, 2.75) is 161 Å². The number of rotatable bonds is 16. The number of hydrogen-bond donors (Lipinski definition) is 0. The standard InChI is InChI=1S/C63H74N4O8/c1-9-60(8,10-2)35-62-28-26-47(74-62)51-53(62)57(70)66(55(51)68)45-22-14-39(15-23-45)30-40-16-24-46(25-17-40)67-56(69)52-48-27-29-63(75-48,54(52)58(67)71)36-64-33-41-18-20-43(31-49(41)72-37-64)59(6,7)44-21-19-42-34-65(38-73-50(42)32-44)61(11-3,12-4)13-5/h14-26,28,31-32,47-48,51-54H,9-13,27,29-30,33-38H2,1-8H3. The van der Waals surface area contributed by atoms with Crippen molar-refractivity contribution >= 4 is 35.0 Å². The SMILES string of the molecule is CCC(C)(CC)CC12C=CC(O1)C1C(=O)N(c3ccc(Cc4ccc(N5C(=O)C6C7CCC(CN8COc9cc(C(C)(C)c%10ccc%11c(c%10)OCN(C(CC)(CC)CC)C%11)ccc9C8)(O7)C6C5=O)cc4)cc3)C(=O)C12. The molecule has 8 unspecified atom stereocenters. The maximum absolute atomic E-state index is 14.5. The fourth-order valence-corrected chi connectivity index (χ4v) is 14.9. The van der Waals surface area contributed by atoms with Crippen LogP contribution in [0.1, 0.15) is 140 Å². The van der Waals surface area contributed by atoms with Crippen molar-refractivity contribution < 1.29 is 38.1 Å². The first-order valence-electron chi connectivity index (χ1n) is 28.0. The van der Waals surface area contributed by atoms with Gasteiger partial charge in [0.05, 0.1) is 52.9 Å². The van der Waals surface area contributed by atoms with Crippen LogP contribution >= 0.6 is 0 Å². The molecular formula is C63H74N4O8. The summed E-state index contributed by atoms with van der Waals surface area (Å²) in [6.07, 6.45) is 11.4. The summed E-state index contributed by atoms with van der Waals surface area (Å²) < 4.78 is 26.1. The van der Waals surface area contributed by atoms with Crippen LogP contribution in [-0.4, -0.2) is 82.4 Å². The summed E-state index contributed by atoms with van der Waals surface area (Å²) >= 11 is 0. The van der Waals surface area contributed by atoms with E-state index in [9.17, 15) is 19.2 Å². The number of nitrogens with zero attached hydrogens (tertiary/aromatic N) is 4. The van der Waals surface area contributed by atoms with E-state index >= 15 is 0 Å². The van der Waals surface area contributed by atoms with Crippen LogP contribution < -0.4 is 19.3 Å². The van der Waals surface area contributed by atoms with E-state index in [0.29, 0.717) is 57.2 Å². The Labute approximate surface area is 442 Å². The Morgan fingerprint density at radius 2 is 1.17 bits per heavy atom. The van der Waals surface area contributed by atoms with Gasteiger partial charge in [-0.15, -0.1) is 0 Å². The second kappa shape index (κ2) is 18.2. The summed E-state index contributed by atoms with van der Waals surface area (Å²) in [4.78, 5) is 64.3. The molecule has 8 aliphatic heterocycles. The highest BCUT2D eigenvalue weighted by Gasteiger charge is 2.70. The van der Waals surface area contributed by atoms with Gasteiger partial charge in [0.15, 0.2) is 0 Å². The molecular weight excluding hydrogens is 941 g/mol. The molecule has 8 heterocycles. The van der Waals surface area contributed by atoms with Crippen molar-refractivity contribution in [1.29, 1.82) is 0 Å². The maximum atomic E-state index is 14.5. The van der Waals surface area contributed by atoms with Gasteiger partial charge in [-0.1, -0.05) is 129 Å². The predicted molar refractivity (Wildman–Crippen MR) is 287 cm³/mol. The van der Waals surface area contributed by atoms with Crippen molar-refractivity contribution in [3.05, 3.63) is 130 Å². The lowest BCUT2D eigenvalue weighted by molar-refractivity contribution is -0.130. The fourth-order valence-electron chi connectivity index (χ4n) is 14.9. The van der Waals surface area contributed by atoms with Crippen LogP contribution in [0.5, 0.6) is 11.5 Å². The number of imide groups is 2. The topological polar surface area (TPSA) is 118 Å². The molecule has 8 aliphatic rings. The smallest absolute Gasteiger partial charge is 0.241 e. The van der Waals surface area contributed by atoms with Crippen molar-refractivity contribution in [3.63, 3.8) is 0 Å². The molecule has 8 atom stereocenters. The van der Waals surface area contributed by atoms with Gasteiger partial charge in [0.25, 0.3) is 0 Å². The molecule has 12 rings (SSSR count). The number of fused-ring (bicyclic) bond motifs is 12. The van der Waals surface area contributed by atoms with E-state index in [1.165, 1.54) is 26.5 Å². The average molecular weight is 1020 g/mol. The number of benzene rings is 4. The molecule has 4 aromatic rings. The van der Waals surface area contributed by atoms with E-state index in [4.69, 9.17) is 18.9 Å². The van der Waals surface area contributed by atoms with Crippen LogP contribution in [0.3, 0.4) is 0 Å². The van der Waals surface area contributed by atoms with Gasteiger partial charge in [0, 0.05) is 41.7 Å². The normalized spacial score (nSPS) is 29.0. The first kappa shape index (κ1) is 50.2. The minimum Gasteiger partial charge on any atom is -0.478 e. The maximum Gasteiger partial charge on any atom is 0.241 e. The quantitative estimate of drug-likeness (QED) is 0.0793. The Kier molecular flexibility index (Phi) is 12.2. The third kappa shape index (κ3) is 7.80. The summed E-state index contributed by atoms with van der Waals surface area (Å²) in [5.41, 5.74) is 6.17. The molecule has 0 N–H and O–H groups in total. The first-order valence-corrected chi connectivity index (χ1v) is 28.0. The number of carbonyl (C=O) groups is 4. The predicted octanol–water partition coefficient (Wildman–Crippen LogP) is 10.6. The van der Waals surface area contributed by atoms with Gasteiger partial charge in [-0.2, -0.15) is 0 Å². The fraction of sp³-hybridized carbons (Fsp3) is 0.524. The lowest BCUT2D eigenvalue weighted by Crippen LogP contribution is -2.51. The second-order valence-electron chi connectivity index (χ2n) is 24.2. The first-order chi connectivity index (χ1) is 36.0. The van der Waals surface area contributed by atoms with Crippen LogP contribution in [0.25, 0.3) is 0 Å². The molecule has 4 bridgehead atoms. The average Bonchev–Trinajstić information content (AvgIpc) is 4.33. The summed E-state index contributed by atoms with van der Waals surface area (Å²) in [6, 6.07) is 28.6. The van der Waals surface area contributed by atoms with Gasteiger partial charge in [-0.05, 0) is 109 Å². The number of amides is 4. The lowest BCUT2D eigenvalue weighted by atomic mass is 9.67. The summed E-state index contributed by atoms with van der Waals surface area (Å²) in [7, 11) is 0. The Hall–Kier alpha value is -5.66. The minimum absolute atomic E-state index is 0.000655. The molecule has 5 saturated heterocycles. The minimum atomic E-state index is -0.775. The Morgan fingerprint density at radius 3 is 1.76 bits per heavy atom. The van der Waals surface area contributed by atoms with Crippen molar-refractivity contribution in [2.75, 3.05) is 29.8 Å². The number of carbonyl (C=O) groups excluding carboxylic acids is 4. The van der Waals surface area contributed by atoms with E-state index in [-0.39, 0.29) is 52.2 Å². The van der Waals surface area contributed by atoms with Gasteiger partial charge in [-0.25, -0.2) is 9.80 Å². The zero-order valence-electron chi connectivity index (χ0n) is 45.2. The van der Waals surface area contributed by atoms with Gasteiger partial charge < -0.3 is 18.9 Å². The number of anilines is 2. The molecule has 394 valence electrons. The Morgan fingerprint density at radius 1 is 0.613 bits per heavy atom. The molecule has 0 aliphatic carbocycles. The van der Waals surface area contributed by atoms with E-state index < -0.39 is 34.9 Å². The van der Waals surface area contributed by atoms with E-state index in [1.807, 2.05) is 54.6 Å². The highest BCUT2D eigenvalue weighted by molar-refractivity contribution is 6.24. The third-order valence-corrected chi connectivity index (χ3v) is 20.2. The molecule has 75 heavy (non-hydrogen) atoms. The van der Waals surface area contributed by atoms with Crippen LogP contribution in [0.15, 0.2) is 97.1 Å². The van der Waals surface area contributed by atoms with Crippen molar-refractivity contribution in [3.8, 4) is 11.5 Å². The molecule has 0 radical (unpaired) electrons. The highest BCUT2D eigenvalue weighted by atomic mass is 16.5. The molecule has 4 amide bonds. The van der Waals surface area contributed by atoms with E-state index in [2.05, 4.69) is 108 Å².